The molecular formula is C23H18ClF2N5OS2. The summed E-state index contributed by atoms with van der Waals surface area (Å²) in [4.78, 5) is 15.8. The SMILES string of the molecule is O=S(Nc1cccc(-c2nc(N3CCCC3)sc2-c2ccnc(Cl)n2)c1)c1c(F)cccc1F. The predicted molar refractivity (Wildman–Crippen MR) is 131 cm³/mol. The molecule has 1 saturated heterocycles. The number of hydrogen-bond donors (Lipinski definition) is 1. The first-order valence-electron chi connectivity index (χ1n) is 10.5. The van der Waals surface area contributed by atoms with Crippen molar-refractivity contribution in [3.63, 3.8) is 0 Å². The van der Waals surface area contributed by atoms with Crippen LogP contribution in [0.1, 0.15) is 12.8 Å². The van der Waals surface area contributed by atoms with Crippen molar-refractivity contribution in [3.8, 4) is 21.8 Å². The Morgan fingerprint density at radius 1 is 1.03 bits per heavy atom. The molecule has 5 rings (SSSR count). The molecule has 4 aromatic rings. The molecule has 2 aromatic carbocycles. The van der Waals surface area contributed by atoms with Gasteiger partial charge in [0.2, 0.25) is 5.28 Å². The lowest BCUT2D eigenvalue weighted by Gasteiger charge is -2.12. The van der Waals surface area contributed by atoms with Crippen LogP contribution in [0.25, 0.3) is 21.8 Å². The molecule has 0 saturated carbocycles. The van der Waals surface area contributed by atoms with Crippen molar-refractivity contribution in [2.24, 2.45) is 0 Å². The number of anilines is 2. The average Bonchev–Trinajstić information content (AvgIpc) is 3.49. The van der Waals surface area contributed by atoms with Crippen molar-refractivity contribution in [1.29, 1.82) is 0 Å². The van der Waals surface area contributed by atoms with E-state index in [1.807, 2.05) is 6.07 Å². The molecule has 0 amide bonds. The topological polar surface area (TPSA) is 71.0 Å². The van der Waals surface area contributed by atoms with Crippen LogP contribution in [0, 0.1) is 11.6 Å². The van der Waals surface area contributed by atoms with Crippen LogP contribution in [0.3, 0.4) is 0 Å². The smallest absolute Gasteiger partial charge is 0.222 e. The minimum atomic E-state index is -2.13. The van der Waals surface area contributed by atoms with Crippen molar-refractivity contribution in [1.82, 2.24) is 15.0 Å². The summed E-state index contributed by atoms with van der Waals surface area (Å²) >= 11 is 7.56. The van der Waals surface area contributed by atoms with Crippen molar-refractivity contribution in [2.45, 2.75) is 17.7 Å². The van der Waals surface area contributed by atoms with Crippen molar-refractivity contribution < 1.29 is 13.0 Å². The maximum absolute atomic E-state index is 14.1. The van der Waals surface area contributed by atoms with Gasteiger partial charge in [-0.05, 0) is 54.8 Å². The Kier molecular flexibility index (Phi) is 6.53. The second-order valence-electron chi connectivity index (χ2n) is 7.58. The Morgan fingerprint density at radius 3 is 2.50 bits per heavy atom. The van der Waals surface area contributed by atoms with E-state index in [9.17, 15) is 13.0 Å². The van der Waals surface area contributed by atoms with Crippen LogP contribution in [0.15, 0.2) is 59.6 Å². The summed E-state index contributed by atoms with van der Waals surface area (Å²) in [5, 5.41) is 1.02. The first kappa shape index (κ1) is 22.8. The average molecular weight is 518 g/mol. The summed E-state index contributed by atoms with van der Waals surface area (Å²) in [6.45, 7) is 1.87. The number of nitrogens with zero attached hydrogens (tertiary/aromatic N) is 4. The summed E-state index contributed by atoms with van der Waals surface area (Å²) in [7, 11) is -2.13. The second kappa shape index (κ2) is 9.73. The summed E-state index contributed by atoms with van der Waals surface area (Å²) in [6, 6.07) is 12.2. The molecule has 0 spiro atoms. The van der Waals surface area contributed by atoms with Gasteiger partial charge >= 0.3 is 0 Å². The molecule has 1 N–H and O–H groups in total. The van der Waals surface area contributed by atoms with Crippen LogP contribution < -0.4 is 9.62 Å². The number of rotatable bonds is 6. The first-order chi connectivity index (χ1) is 16.5. The van der Waals surface area contributed by atoms with Gasteiger partial charge in [-0.15, -0.1) is 0 Å². The third kappa shape index (κ3) is 4.66. The van der Waals surface area contributed by atoms with E-state index in [1.54, 1.807) is 30.5 Å². The lowest BCUT2D eigenvalue weighted by Crippen LogP contribution is -2.17. The van der Waals surface area contributed by atoms with E-state index in [-0.39, 0.29) is 5.28 Å². The van der Waals surface area contributed by atoms with Crippen LogP contribution in [0.4, 0.5) is 19.6 Å². The van der Waals surface area contributed by atoms with Crippen molar-refractivity contribution in [3.05, 3.63) is 71.6 Å². The normalized spacial score (nSPS) is 14.4. The Morgan fingerprint density at radius 2 is 1.76 bits per heavy atom. The van der Waals surface area contributed by atoms with Crippen LogP contribution in [-0.4, -0.2) is 32.3 Å². The number of nitrogens with one attached hydrogen (secondary N) is 1. The molecule has 0 radical (unpaired) electrons. The largest absolute Gasteiger partial charge is 0.348 e. The number of aromatic nitrogens is 3. The highest BCUT2D eigenvalue weighted by Gasteiger charge is 2.22. The standard InChI is InChI=1S/C23H18ClF2N5OS2/c24-22-27-10-9-18(28-22)20-19(29-23(33-20)31-11-1-2-12-31)14-5-3-6-15(13-14)30-34(32)21-16(25)7-4-8-17(21)26/h3-10,13,30H,1-2,11-12H2. The molecule has 34 heavy (non-hydrogen) atoms. The third-order valence-corrected chi connectivity index (χ3v) is 7.80. The molecule has 11 heteroatoms. The van der Waals surface area contributed by atoms with Crippen molar-refractivity contribution >= 4 is 44.7 Å². The highest BCUT2D eigenvalue weighted by molar-refractivity contribution is 7.86. The van der Waals surface area contributed by atoms with E-state index >= 15 is 0 Å². The first-order valence-corrected chi connectivity index (χ1v) is 12.8. The quantitative estimate of drug-likeness (QED) is 0.321. The van der Waals surface area contributed by atoms with Gasteiger partial charge in [0.25, 0.3) is 0 Å². The molecule has 6 nitrogen and oxygen atoms in total. The van der Waals surface area contributed by atoms with Crippen LogP contribution in [-0.2, 0) is 11.0 Å². The maximum atomic E-state index is 14.1. The van der Waals surface area contributed by atoms with Crippen LogP contribution in [0.5, 0.6) is 0 Å². The van der Waals surface area contributed by atoms with Gasteiger partial charge < -0.3 is 9.62 Å². The van der Waals surface area contributed by atoms with E-state index in [0.717, 1.165) is 53.6 Å². The predicted octanol–water partition coefficient (Wildman–Crippen LogP) is 5.93. The lowest BCUT2D eigenvalue weighted by atomic mass is 10.1. The van der Waals surface area contributed by atoms with Gasteiger partial charge in [-0.3, -0.25) is 0 Å². The number of hydrogen-bond acceptors (Lipinski definition) is 6. The summed E-state index contributed by atoms with van der Waals surface area (Å²) in [5.74, 6) is -1.75. The molecule has 0 bridgehead atoms. The fraction of sp³-hybridized carbons (Fsp3) is 0.174. The Hall–Kier alpha value is -2.95. The van der Waals surface area contributed by atoms with E-state index in [0.29, 0.717) is 17.1 Å². The summed E-state index contributed by atoms with van der Waals surface area (Å²) in [6.07, 6.45) is 3.82. The lowest BCUT2D eigenvalue weighted by molar-refractivity contribution is 0.535. The number of benzene rings is 2. The fourth-order valence-electron chi connectivity index (χ4n) is 3.73. The zero-order valence-electron chi connectivity index (χ0n) is 17.7. The van der Waals surface area contributed by atoms with E-state index in [2.05, 4.69) is 19.6 Å². The number of halogens is 3. The van der Waals surface area contributed by atoms with Gasteiger partial charge in [0.05, 0.1) is 16.3 Å². The van der Waals surface area contributed by atoms with Gasteiger partial charge in [0.15, 0.2) is 16.1 Å². The molecule has 1 aliphatic heterocycles. The molecule has 2 aromatic heterocycles. The summed E-state index contributed by atoms with van der Waals surface area (Å²) < 4.78 is 43.5. The minimum absolute atomic E-state index is 0.136. The van der Waals surface area contributed by atoms with E-state index in [4.69, 9.17) is 16.6 Å². The van der Waals surface area contributed by atoms with Gasteiger partial charge in [-0.2, -0.15) is 0 Å². The van der Waals surface area contributed by atoms with Gasteiger partial charge in [-0.25, -0.2) is 27.9 Å². The van der Waals surface area contributed by atoms with Crippen molar-refractivity contribution in [2.75, 3.05) is 22.7 Å². The highest BCUT2D eigenvalue weighted by atomic mass is 35.5. The Labute approximate surface area is 206 Å². The molecule has 0 aliphatic carbocycles. The van der Waals surface area contributed by atoms with Crippen LogP contribution in [0.2, 0.25) is 5.28 Å². The molecule has 1 aliphatic rings. The van der Waals surface area contributed by atoms with Crippen LogP contribution >= 0.6 is 22.9 Å². The molecule has 3 heterocycles. The monoisotopic (exact) mass is 517 g/mol. The Balaban J connectivity index is 1.52. The van der Waals surface area contributed by atoms with E-state index in [1.165, 1.54) is 17.4 Å². The zero-order chi connectivity index (χ0) is 23.7. The second-order valence-corrected chi connectivity index (χ2v) is 10.0. The third-order valence-electron chi connectivity index (χ3n) is 5.30. The highest BCUT2D eigenvalue weighted by Crippen LogP contribution is 2.41. The van der Waals surface area contributed by atoms with E-state index < -0.39 is 27.5 Å². The summed E-state index contributed by atoms with van der Waals surface area (Å²) in [5.41, 5.74) is 2.50. The zero-order valence-corrected chi connectivity index (χ0v) is 20.1. The van der Waals surface area contributed by atoms with Gasteiger partial charge in [0, 0.05) is 30.5 Å². The Bertz CT molecular complexity index is 1360. The van der Waals surface area contributed by atoms with Gasteiger partial charge in [0.1, 0.15) is 16.5 Å². The molecular weight excluding hydrogens is 500 g/mol. The molecule has 1 fully saturated rings. The maximum Gasteiger partial charge on any atom is 0.222 e. The molecule has 174 valence electrons. The number of thiazole rings is 1. The fourth-order valence-corrected chi connectivity index (χ4v) is 5.92. The minimum Gasteiger partial charge on any atom is -0.348 e. The molecule has 1 unspecified atom stereocenters. The molecule has 1 atom stereocenters. The van der Waals surface area contributed by atoms with Gasteiger partial charge in [-0.1, -0.05) is 29.5 Å².